The van der Waals surface area contributed by atoms with Crippen molar-refractivity contribution in [3.63, 3.8) is 0 Å². The van der Waals surface area contributed by atoms with Crippen LogP contribution in [0.5, 0.6) is 0 Å². The number of likely N-dealkylation sites (N-methyl/N-ethyl adjacent to an activating group) is 1. The first-order valence-electron chi connectivity index (χ1n) is 11.1. The summed E-state index contributed by atoms with van der Waals surface area (Å²) in [4.78, 5) is 34.6. The number of aromatic amines is 1. The van der Waals surface area contributed by atoms with Gasteiger partial charge in [-0.2, -0.15) is 0 Å². The molecule has 0 saturated carbocycles. The van der Waals surface area contributed by atoms with Crippen molar-refractivity contribution in [3.05, 3.63) is 58.6 Å². The fourth-order valence-electron chi connectivity index (χ4n) is 3.88. The Balaban J connectivity index is 0.000000431. The molecule has 11 heteroatoms. The third-order valence-corrected chi connectivity index (χ3v) is 5.97. The minimum absolute atomic E-state index is 0.238. The molecule has 5 N–H and O–H groups in total. The Hall–Kier alpha value is -3.96. The summed E-state index contributed by atoms with van der Waals surface area (Å²) in [6.45, 7) is 5.16. The lowest BCUT2D eigenvalue weighted by molar-refractivity contribution is -0.145. The van der Waals surface area contributed by atoms with Gasteiger partial charge in [0.05, 0.1) is 22.1 Å². The molecule has 1 saturated heterocycles. The van der Waals surface area contributed by atoms with Gasteiger partial charge in [-0.25, -0.2) is 18.8 Å². The highest BCUT2D eigenvalue weighted by molar-refractivity contribution is 5.87. The van der Waals surface area contributed by atoms with Gasteiger partial charge in [0.2, 0.25) is 0 Å². The molecule has 3 heterocycles. The lowest BCUT2D eigenvalue weighted by Gasteiger charge is -2.34. The molecule has 1 aliphatic heterocycles. The summed E-state index contributed by atoms with van der Waals surface area (Å²) in [5.74, 6) is 4.70. The number of aliphatic carboxylic acids is 1. The second kappa shape index (κ2) is 9.72. The van der Waals surface area contributed by atoms with Gasteiger partial charge in [-0.1, -0.05) is 6.07 Å². The summed E-state index contributed by atoms with van der Waals surface area (Å²) in [5, 5.41) is 16.1. The number of aromatic nitrogens is 3. The Labute approximate surface area is 200 Å². The predicted octanol–water partition coefficient (Wildman–Crippen LogP) is 1.60. The van der Waals surface area contributed by atoms with Crippen LogP contribution >= 0.6 is 0 Å². The number of rotatable bonds is 3. The number of piperazine rings is 1. The highest BCUT2D eigenvalue weighted by Crippen LogP contribution is 2.26. The zero-order chi connectivity index (χ0) is 25.3. The smallest absolute Gasteiger partial charge is 0.332 e. The fourth-order valence-corrected chi connectivity index (χ4v) is 3.88. The Morgan fingerprint density at radius 2 is 1.86 bits per heavy atom. The molecule has 2 aromatic carbocycles. The van der Waals surface area contributed by atoms with Crippen molar-refractivity contribution in [1.29, 1.82) is 0 Å². The van der Waals surface area contributed by atoms with Crippen LogP contribution in [0.25, 0.3) is 33.3 Å². The zero-order valence-corrected chi connectivity index (χ0v) is 19.4. The average molecular weight is 483 g/mol. The Morgan fingerprint density at radius 1 is 1.17 bits per heavy atom. The highest BCUT2D eigenvalue weighted by atomic mass is 19.1. The molecule has 184 valence electrons. The summed E-state index contributed by atoms with van der Waals surface area (Å²) in [6, 6.07) is 12.0. The van der Waals surface area contributed by atoms with E-state index in [1.165, 1.54) is 25.1 Å². The Morgan fingerprint density at radius 3 is 2.51 bits per heavy atom. The summed E-state index contributed by atoms with van der Waals surface area (Å²) in [5.41, 5.74) is 2.83. The molecule has 1 unspecified atom stereocenters. The van der Waals surface area contributed by atoms with E-state index in [-0.39, 0.29) is 10.9 Å². The van der Waals surface area contributed by atoms with E-state index in [0.29, 0.717) is 11.3 Å². The quantitative estimate of drug-likeness (QED) is 0.323. The van der Waals surface area contributed by atoms with Crippen molar-refractivity contribution < 1.29 is 19.4 Å². The Bertz CT molecular complexity index is 1440. The first kappa shape index (κ1) is 24.2. The van der Waals surface area contributed by atoms with E-state index in [1.807, 2.05) is 18.2 Å². The molecule has 0 aliphatic carbocycles. The molecule has 1 aliphatic rings. The molecule has 1 fully saturated rings. The van der Waals surface area contributed by atoms with Gasteiger partial charge < -0.3 is 30.8 Å². The number of benzene rings is 2. The number of aliphatic hydroxyl groups is 1. The van der Waals surface area contributed by atoms with Gasteiger partial charge in [-0.05, 0) is 50.4 Å². The molecular formula is C24H27FN6O4. The van der Waals surface area contributed by atoms with Crippen LogP contribution in [-0.2, 0) is 4.79 Å². The molecule has 1 atom stereocenters. The van der Waals surface area contributed by atoms with Gasteiger partial charge >= 0.3 is 5.97 Å². The van der Waals surface area contributed by atoms with E-state index >= 15 is 0 Å². The maximum atomic E-state index is 14.3. The van der Waals surface area contributed by atoms with E-state index < -0.39 is 23.4 Å². The monoisotopic (exact) mass is 482 g/mol. The molecule has 5 rings (SSSR count). The third kappa shape index (κ3) is 4.96. The maximum Gasteiger partial charge on any atom is 0.332 e. The maximum absolute atomic E-state index is 14.3. The largest absolute Gasteiger partial charge is 0.479 e. The van der Waals surface area contributed by atoms with Crippen LogP contribution in [0.4, 0.5) is 10.1 Å². The number of imidazole rings is 1. The number of carbonyl (C=O) groups is 1. The lowest BCUT2D eigenvalue weighted by Crippen LogP contribution is -2.44. The van der Waals surface area contributed by atoms with E-state index in [9.17, 15) is 14.0 Å². The van der Waals surface area contributed by atoms with Gasteiger partial charge in [0.1, 0.15) is 17.7 Å². The first-order chi connectivity index (χ1) is 16.7. The van der Waals surface area contributed by atoms with E-state index in [1.54, 1.807) is 6.07 Å². The second-order valence-electron chi connectivity index (χ2n) is 8.50. The molecule has 0 spiro atoms. The molecule has 10 nitrogen and oxygen atoms in total. The normalized spacial score (nSPS) is 15.1. The molecule has 2 aromatic heterocycles. The van der Waals surface area contributed by atoms with Crippen LogP contribution in [0.15, 0.2) is 47.3 Å². The van der Waals surface area contributed by atoms with Gasteiger partial charge in [-0.15, -0.1) is 0 Å². The van der Waals surface area contributed by atoms with Crippen molar-refractivity contribution in [3.8, 4) is 11.4 Å². The number of nitrogens with zero attached hydrogens (tertiary/aromatic N) is 4. The minimum Gasteiger partial charge on any atom is -0.479 e. The standard InChI is InChI=1S/C21H21FN6O.C3H6O3/c1-26-7-9-27(10-8-26)13-5-6-17-18(11-13)25-20(24-17)15-12-14-16(22)3-2-4-19(14)28(23)21(15)29;1-2(4)3(5)6/h2-6,11-12H,7-10,23H2,1H3,(H,24,25);2,4H,1H3,(H,5,6). The number of fused-ring (bicyclic) bond motifs is 2. The topological polar surface area (TPSA) is 141 Å². The molecule has 4 aromatic rings. The fraction of sp³-hybridized carbons (Fsp3) is 0.292. The number of H-pyrrole nitrogens is 1. The molecule has 0 radical (unpaired) electrons. The number of carboxylic acid groups (broad SMARTS) is 1. The number of anilines is 1. The van der Waals surface area contributed by atoms with Crippen LogP contribution < -0.4 is 16.3 Å². The lowest BCUT2D eigenvalue weighted by atomic mass is 10.1. The summed E-state index contributed by atoms with van der Waals surface area (Å²) >= 11 is 0. The highest BCUT2D eigenvalue weighted by Gasteiger charge is 2.17. The van der Waals surface area contributed by atoms with Gasteiger partial charge in [0.25, 0.3) is 5.56 Å². The minimum atomic E-state index is -1.23. The van der Waals surface area contributed by atoms with Crippen LogP contribution in [0.3, 0.4) is 0 Å². The zero-order valence-electron chi connectivity index (χ0n) is 19.4. The van der Waals surface area contributed by atoms with Crippen LogP contribution in [0, 0.1) is 5.82 Å². The van der Waals surface area contributed by atoms with E-state index in [4.69, 9.17) is 16.1 Å². The number of carboxylic acids is 1. The summed E-state index contributed by atoms with van der Waals surface area (Å²) < 4.78 is 15.2. The predicted molar refractivity (Wildman–Crippen MR) is 132 cm³/mol. The first-order valence-corrected chi connectivity index (χ1v) is 11.1. The number of aliphatic hydroxyl groups excluding tert-OH is 1. The van der Waals surface area contributed by atoms with Crippen molar-refractivity contribution >= 4 is 33.6 Å². The molecule has 35 heavy (non-hydrogen) atoms. The number of nitrogens with one attached hydrogen (secondary N) is 1. The van der Waals surface area contributed by atoms with Crippen molar-refractivity contribution in [2.24, 2.45) is 0 Å². The second-order valence-corrected chi connectivity index (χ2v) is 8.50. The van der Waals surface area contributed by atoms with Crippen molar-refractivity contribution in [1.82, 2.24) is 19.5 Å². The van der Waals surface area contributed by atoms with Gasteiger partial charge in [0.15, 0.2) is 0 Å². The molecule has 0 bridgehead atoms. The van der Waals surface area contributed by atoms with E-state index in [2.05, 4.69) is 26.8 Å². The SMILES string of the molecule is CC(O)C(=O)O.CN1CCN(c2ccc3nc(-c4cc5c(F)cccc5n(N)c4=O)[nH]c3c2)CC1. The third-order valence-electron chi connectivity index (χ3n) is 5.97. The van der Waals surface area contributed by atoms with Gasteiger partial charge in [0, 0.05) is 37.3 Å². The number of pyridine rings is 1. The number of nitrogens with two attached hydrogens (primary N) is 1. The summed E-state index contributed by atoms with van der Waals surface area (Å²) in [6.07, 6.45) is -1.23. The number of hydrogen-bond donors (Lipinski definition) is 4. The molecular weight excluding hydrogens is 455 g/mol. The Kier molecular flexibility index (Phi) is 6.72. The van der Waals surface area contributed by atoms with Crippen molar-refractivity contribution in [2.75, 3.05) is 44.0 Å². The van der Waals surface area contributed by atoms with Gasteiger partial charge in [-0.3, -0.25) is 4.79 Å². The molecule has 0 amide bonds. The summed E-state index contributed by atoms with van der Waals surface area (Å²) in [7, 11) is 2.12. The van der Waals surface area contributed by atoms with Crippen LogP contribution in [0.1, 0.15) is 6.92 Å². The number of halogens is 1. The average Bonchev–Trinajstić information content (AvgIpc) is 3.25. The number of nitrogen functional groups attached to an aromatic ring is 1. The number of hydrogen-bond acceptors (Lipinski definition) is 7. The van der Waals surface area contributed by atoms with E-state index in [0.717, 1.165) is 47.6 Å². The van der Waals surface area contributed by atoms with Crippen LogP contribution in [-0.4, -0.2) is 75.1 Å². The van der Waals surface area contributed by atoms with Crippen LogP contribution in [0.2, 0.25) is 0 Å². The van der Waals surface area contributed by atoms with Crippen molar-refractivity contribution in [2.45, 2.75) is 13.0 Å².